The third-order valence-corrected chi connectivity index (χ3v) is 9.14. The molecule has 7 rings (SSSR count). The Bertz CT molecular complexity index is 1990. The Morgan fingerprint density at radius 1 is 0.780 bits per heavy atom. The second-order valence-corrected chi connectivity index (χ2v) is 11.7. The van der Waals surface area contributed by atoms with Gasteiger partial charge < -0.3 is 15.5 Å². The fourth-order valence-electron chi connectivity index (χ4n) is 5.92. The summed E-state index contributed by atoms with van der Waals surface area (Å²) in [6, 6.07) is 29.8. The predicted octanol–water partition coefficient (Wildman–Crippen LogP) is 10.1. The van der Waals surface area contributed by atoms with Crippen molar-refractivity contribution in [3.63, 3.8) is 0 Å². The van der Waals surface area contributed by atoms with Crippen LogP contribution < -0.4 is 11.1 Å². The molecule has 1 aliphatic heterocycles. The first-order chi connectivity index (χ1) is 20.1. The fourth-order valence-corrected chi connectivity index (χ4v) is 6.88. The minimum Gasteiger partial charge on any atom is -0.456 e. The van der Waals surface area contributed by atoms with Gasteiger partial charge in [0.05, 0.1) is 5.37 Å². The minimum absolute atomic E-state index is 0.231. The van der Waals surface area contributed by atoms with Gasteiger partial charge in [-0.25, -0.2) is 0 Å². The van der Waals surface area contributed by atoms with Crippen LogP contribution in [-0.4, -0.2) is 0 Å². The summed E-state index contributed by atoms with van der Waals surface area (Å²) in [5, 5.41) is 9.80. The van der Waals surface area contributed by atoms with Gasteiger partial charge >= 0.3 is 0 Å². The molecule has 0 bridgehead atoms. The summed E-state index contributed by atoms with van der Waals surface area (Å²) < 4.78 is 6.37. The molecule has 1 aromatic heterocycles. The first-order valence-corrected chi connectivity index (χ1v) is 14.9. The van der Waals surface area contributed by atoms with E-state index >= 15 is 0 Å². The molecule has 2 heterocycles. The molecule has 0 fully saturated rings. The Morgan fingerprint density at radius 3 is 2.02 bits per heavy atom. The molecule has 0 amide bonds. The van der Waals surface area contributed by atoms with Crippen LogP contribution >= 0.6 is 24.4 Å². The number of thioether (sulfide) groups is 1. The van der Waals surface area contributed by atoms with Gasteiger partial charge in [0.25, 0.3) is 0 Å². The molecule has 3 nitrogen and oxygen atoms in total. The van der Waals surface area contributed by atoms with Crippen molar-refractivity contribution in [2.24, 2.45) is 5.73 Å². The quantitative estimate of drug-likeness (QED) is 0.138. The number of furan rings is 1. The summed E-state index contributed by atoms with van der Waals surface area (Å²) in [5.74, 6) is 0. The van der Waals surface area contributed by atoms with Gasteiger partial charge in [0.2, 0.25) is 0 Å². The van der Waals surface area contributed by atoms with Crippen molar-refractivity contribution in [2.75, 3.05) is 0 Å². The number of hydrogen-bond acceptors (Lipinski definition) is 5. The number of benzene rings is 5. The first kappa shape index (κ1) is 25.8. The molecule has 1 aliphatic rings. The van der Waals surface area contributed by atoms with E-state index < -0.39 is 0 Å². The van der Waals surface area contributed by atoms with E-state index in [4.69, 9.17) is 10.2 Å². The van der Waals surface area contributed by atoms with E-state index in [-0.39, 0.29) is 10.7 Å². The highest BCUT2D eigenvalue weighted by atomic mass is 32.2. The highest BCUT2D eigenvalue weighted by Gasteiger charge is 2.22. The summed E-state index contributed by atoms with van der Waals surface area (Å²) in [6.07, 6.45) is 5.89. The summed E-state index contributed by atoms with van der Waals surface area (Å²) >= 11 is 6.20. The molecule has 5 aromatic carbocycles. The van der Waals surface area contributed by atoms with E-state index in [1.165, 1.54) is 5.56 Å². The second kappa shape index (κ2) is 10.3. The zero-order valence-electron chi connectivity index (χ0n) is 22.3. The lowest BCUT2D eigenvalue weighted by atomic mass is 9.82. The number of para-hydroxylation sites is 1. The number of thiol groups is 1. The van der Waals surface area contributed by atoms with Crippen LogP contribution in [0.1, 0.15) is 33.0 Å². The summed E-state index contributed by atoms with van der Waals surface area (Å²) in [5.41, 5.74) is 16.5. The van der Waals surface area contributed by atoms with E-state index in [0.29, 0.717) is 0 Å². The third kappa shape index (κ3) is 4.29. The van der Waals surface area contributed by atoms with E-state index in [9.17, 15) is 0 Å². The van der Waals surface area contributed by atoms with Crippen LogP contribution in [0, 0.1) is 0 Å². The van der Waals surface area contributed by atoms with Crippen molar-refractivity contribution < 1.29 is 4.42 Å². The first-order valence-electron chi connectivity index (χ1n) is 13.5. The second-order valence-electron chi connectivity index (χ2n) is 10.2. The van der Waals surface area contributed by atoms with Crippen molar-refractivity contribution >= 4 is 69.3 Å². The molecule has 0 spiro atoms. The maximum atomic E-state index is 6.37. The standard InChI is InChI=1S/C36H28N2OS2/c1-3-25-26(4-2)34(22-11-15-24(16-12-22)36-38-17-18-41-36)30-20-32-28(27-7-5-6-8-31(27)39-32)19-29(30)33(25)21-9-13-23(14-10-21)35(37)40/h3-20,35-36,38,40H,1-2,37H2. The van der Waals surface area contributed by atoms with Gasteiger partial charge in [0.1, 0.15) is 16.5 Å². The topological polar surface area (TPSA) is 51.2 Å². The largest absolute Gasteiger partial charge is 0.456 e. The molecule has 5 heteroatoms. The predicted molar refractivity (Wildman–Crippen MR) is 181 cm³/mol. The highest BCUT2D eigenvalue weighted by molar-refractivity contribution is 8.02. The van der Waals surface area contributed by atoms with E-state index in [1.807, 2.05) is 42.6 Å². The lowest BCUT2D eigenvalue weighted by Gasteiger charge is -2.21. The average molecular weight is 569 g/mol. The molecule has 200 valence electrons. The van der Waals surface area contributed by atoms with Crippen molar-refractivity contribution in [3.8, 4) is 22.3 Å². The molecule has 0 aliphatic carbocycles. The zero-order valence-corrected chi connectivity index (χ0v) is 24.0. The normalized spacial score (nSPS) is 15.4. The van der Waals surface area contributed by atoms with Gasteiger partial charge in [-0.1, -0.05) is 92.0 Å². The van der Waals surface area contributed by atoms with Gasteiger partial charge in [0.15, 0.2) is 0 Å². The van der Waals surface area contributed by atoms with Crippen molar-refractivity contribution in [2.45, 2.75) is 10.7 Å². The number of nitrogens with two attached hydrogens (primary N) is 1. The maximum Gasteiger partial charge on any atom is 0.136 e. The summed E-state index contributed by atoms with van der Waals surface area (Å²) in [6.45, 7) is 8.53. The average Bonchev–Trinajstić information content (AvgIpc) is 3.67. The Hall–Kier alpha value is -4.16. The van der Waals surface area contributed by atoms with Crippen molar-refractivity contribution in [1.29, 1.82) is 0 Å². The molecule has 0 saturated heterocycles. The van der Waals surface area contributed by atoms with Crippen LogP contribution in [0.3, 0.4) is 0 Å². The van der Waals surface area contributed by atoms with E-state index in [2.05, 4.69) is 97.2 Å². The number of rotatable bonds is 6. The Morgan fingerprint density at radius 2 is 1.41 bits per heavy atom. The monoisotopic (exact) mass is 568 g/mol. The molecule has 41 heavy (non-hydrogen) atoms. The van der Waals surface area contributed by atoms with Crippen molar-refractivity contribution in [1.82, 2.24) is 5.32 Å². The molecule has 0 saturated carbocycles. The Balaban J connectivity index is 1.57. The molecular weight excluding hydrogens is 541 g/mol. The Labute approximate surface area is 248 Å². The van der Waals surface area contributed by atoms with Crippen LogP contribution in [-0.2, 0) is 0 Å². The molecule has 0 radical (unpaired) electrons. The zero-order chi connectivity index (χ0) is 28.1. The maximum absolute atomic E-state index is 6.37. The van der Waals surface area contributed by atoms with Crippen LogP contribution in [0.4, 0.5) is 0 Å². The van der Waals surface area contributed by atoms with Crippen LogP contribution in [0.2, 0.25) is 0 Å². The van der Waals surface area contributed by atoms with E-state index in [1.54, 1.807) is 11.8 Å². The van der Waals surface area contributed by atoms with Gasteiger partial charge in [-0.3, -0.25) is 0 Å². The lowest BCUT2D eigenvalue weighted by molar-refractivity contribution is 0.669. The molecular formula is C36H28N2OS2. The van der Waals surface area contributed by atoms with Crippen LogP contribution in [0.15, 0.2) is 114 Å². The minimum atomic E-state index is -0.334. The molecule has 2 unspecified atom stereocenters. The smallest absolute Gasteiger partial charge is 0.136 e. The SMILES string of the molecule is C=Cc1c(C=C)c(-c2ccc(C(N)S)cc2)c2cc3c(cc2c1-c1ccc(C2NC=CS2)cc1)oc1ccccc13. The van der Waals surface area contributed by atoms with Gasteiger partial charge in [-0.15, -0.1) is 11.8 Å². The number of fused-ring (bicyclic) bond motifs is 4. The molecule has 3 N–H and O–H groups in total. The molecule has 6 aromatic rings. The third-order valence-electron chi connectivity index (χ3n) is 7.87. The lowest BCUT2D eigenvalue weighted by Crippen LogP contribution is -2.06. The van der Waals surface area contributed by atoms with Gasteiger partial charge in [-0.2, -0.15) is 12.6 Å². The fraction of sp³-hybridized carbons (Fsp3) is 0.0556. The van der Waals surface area contributed by atoms with Crippen LogP contribution in [0.25, 0.3) is 67.1 Å². The Kier molecular flexibility index (Phi) is 6.51. The number of nitrogens with one attached hydrogen (secondary N) is 1. The van der Waals surface area contributed by atoms with Gasteiger partial charge in [0, 0.05) is 17.0 Å². The highest BCUT2D eigenvalue weighted by Crippen LogP contribution is 2.46. The summed E-state index contributed by atoms with van der Waals surface area (Å²) in [7, 11) is 0. The van der Waals surface area contributed by atoms with Crippen molar-refractivity contribution in [3.05, 3.63) is 132 Å². The summed E-state index contributed by atoms with van der Waals surface area (Å²) in [4.78, 5) is 0. The number of hydrogen-bond donors (Lipinski definition) is 3. The van der Waals surface area contributed by atoms with E-state index in [0.717, 1.165) is 71.7 Å². The van der Waals surface area contributed by atoms with Gasteiger partial charge in [-0.05, 0) is 78.9 Å². The van der Waals surface area contributed by atoms with Crippen LogP contribution in [0.5, 0.6) is 0 Å². The molecule has 2 atom stereocenters.